The van der Waals surface area contributed by atoms with Crippen LogP contribution in [0.3, 0.4) is 0 Å². The summed E-state index contributed by atoms with van der Waals surface area (Å²) in [5.74, 6) is -0.313. The van der Waals surface area contributed by atoms with E-state index in [1.807, 2.05) is 39.0 Å². The van der Waals surface area contributed by atoms with Crippen LogP contribution >= 0.6 is 0 Å². The first kappa shape index (κ1) is 22.3. The zero-order valence-corrected chi connectivity index (χ0v) is 19.3. The average Bonchev–Trinajstić information content (AvgIpc) is 2.69. The minimum atomic E-state index is -3.64. The summed E-state index contributed by atoms with van der Waals surface area (Å²) in [6.45, 7) is 7.34. The summed E-state index contributed by atoms with van der Waals surface area (Å²) < 4.78 is 26.4. The predicted molar refractivity (Wildman–Crippen MR) is 122 cm³/mol. The fourth-order valence-electron chi connectivity index (χ4n) is 4.18. The third-order valence-corrected chi connectivity index (χ3v) is 7.15. The van der Waals surface area contributed by atoms with Gasteiger partial charge in [0.05, 0.1) is 18.0 Å². The number of rotatable bonds is 6. The zero-order valence-electron chi connectivity index (χ0n) is 18.5. The van der Waals surface area contributed by atoms with Crippen molar-refractivity contribution in [1.82, 2.24) is 5.32 Å². The number of nitrogens with one attached hydrogen (secondary N) is 1. The minimum Gasteiger partial charge on any atom is -0.348 e. The van der Waals surface area contributed by atoms with Crippen LogP contribution in [0.2, 0.25) is 0 Å². The van der Waals surface area contributed by atoms with Crippen molar-refractivity contribution in [2.45, 2.75) is 65.5 Å². The molecule has 162 valence electrons. The van der Waals surface area contributed by atoms with E-state index in [0.29, 0.717) is 5.69 Å². The number of amides is 1. The maximum atomic E-state index is 13.1. The van der Waals surface area contributed by atoms with Gasteiger partial charge in [0.15, 0.2) is 0 Å². The summed E-state index contributed by atoms with van der Waals surface area (Å²) in [5, 5.41) is 3.01. The molecule has 0 bridgehead atoms. The van der Waals surface area contributed by atoms with Crippen LogP contribution in [0.15, 0.2) is 36.4 Å². The molecular weight excluding hydrogens is 396 g/mol. The van der Waals surface area contributed by atoms with Gasteiger partial charge in [-0.05, 0) is 87.3 Å². The molecule has 1 amide bonds. The van der Waals surface area contributed by atoms with E-state index in [4.69, 9.17) is 0 Å². The van der Waals surface area contributed by atoms with E-state index >= 15 is 0 Å². The standard InChI is InChI=1S/C24H32N2O3S/c1-16-10-11-17(2)23(14-16)26(30(5,28)29)19(4)24(27)25-18(3)21-13-12-20-8-6-7-9-22(20)15-21/h10-15,18-19H,6-9H2,1-5H3,(H,25,27)/t18-,19-/m1/s1. The number of aryl methyl sites for hydroxylation is 4. The lowest BCUT2D eigenvalue weighted by molar-refractivity contribution is -0.122. The van der Waals surface area contributed by atoms with E-state index in [0.717, 1.165) is 35.8 Å². The van der Waals surface area contributed by atoms with Crippen LogP contribution in [-0.2, 0) is 27.7 Å². The molecule has 0 aromatic heterocycles. The smallest absolute Gasteiger partial charge is 0.244 e. The molecule has 30 heavy (non-hydrogen) atoms. The fraction of sp³-hybridized carbons (Fsp3) is 0.458. The van der Waals surface area contributed by atoms with Gasteiger partial charge in [0.2, 0.25) is 15.9 Å². The van der Waals surface area contributed by atoms with Gasteiger partial charge < -0.3 is 5.32 Å². The molecule has 0 aliphatic heterocycles. The van der Waals surface area contributed by atoms with Crippen LogP contribution in [0.5, 0.6) is 0 Å². The van der Waals surface area contributed by atoms with Crippen molar-refractivity contribution < 1.29 is 13.2 Å². The second kappa shape index (κ2) is 8.80. The molecule has 0 saturated heterocycles. The average molecular weight is 429 g/mol. The maximum Gasteiger partial charge on any atom is 0.244 e. The molecule has 0 fully saturated rings. The fourth-order valence-corrected chi connectivity index (χ4v) is 5.40. The van der Waals surface area contributed by atoms with Gasteiger partial charge in [-0.1, -0.05) is 30.3 Å². The Bertz CT molecular complexity index is 1050. The van der Waals surface area contributed by atoms with Crippen molar-refractivity contribution in [3.63, 3.8) is 0 Å². The van der Waals surface area contributed by atoms with Gasteiger partial charge in [0, 0.05) is 0 Å². The molecule has 0 radical (unpaired) electrons. The summed E-state index contributed by atoms with van der Waals surface area (Å²) in [6, 6.07) is 11.0. The lowest BCUT2D eigenvalue weighted by Crippen LogP contribution is -2.48. The highest BCUT2D eigenvalue weighted by atomic mass is 32.2. The molecule has 1 N–H and O–H groups in total. The lowest BCUT2D eigenvalue weighted by Gasteiger charge is -2.30. The number of carbonyl (C=O) groups excluding carboxylic acids is 1. The minimum absolute atomic E-state index is 0.202. The van der Waals surface area contributed by atoms with E-state index < -0.39 is 16.1 Å². The Morgan fingerprint density at radius 1 is 1.00 bits per heavy atom. The predicted octanol–water partition coefficient (Wildman–Crippen LogP) is 4.21. The van der Waals surface area contributed by atoms with Crippen LogP contribution < -0.4 is 9.62 Å². The molecule has 1 aliphatic carbocycles. The first-order valence-electron chi connectivity index (χ1n) is 10.6. The van der Waals surface area contributed by atoms with Crippen molar-refractivity contribution in [1.29, 1.82) is 0 Å². The van der Waals surface area contributed by atoms with Gasteiger partial charge in [-0.15, -0.1) is 0 Å². The molecule has 3 rings (SSSR count). The van der Waals surface area contributed by atoms with Crippen molar-refractivity contribution in [2.75, 3.05) is 10.6 Å². The van der Waals surface area contributed by atoms with E-state index in [1.165, 1.54) is 28.3 Å². The monoisotopic (exact) mass is 428 g/mol. The van der Waals surface area contributed by atoms with Crippen molar-refractivity contribution in [3.05, 3.63) is 64.2 Å². The number of hydrogen-bond acceptors (Lipinski definition) is 3. The maximum absolute atomic E-state index is 13.1. The van der Waals surface area contributed by atoms with Crippen LogP contribution in [0.1, 0.15) is 60.5 Å². The third-order valence-electron chi connectivity index (χ3n) is 5.92. The number of sulfonamides is 1. The van der Waals surface area contributed by atoms with Crippen molar-refractivity contribution in [2.24, 2.45) is 0 Å². The second-order valence-corrected chi connectivity index (χ2v) is 10.3. The Balaban J connectivity index is 1.83. The van der Waals surface area contributed by atoms with Crippen molar-refractivity contribution in [3.8, 4) is 0 Å². The molecule has 2 aromatic rings. The highest BCUT2D eigenvalue weighted by Crippen LogP contribution is 2.28. The van der Waals surface area contributed by atoms with Gasteiger partial charge in [0.25, 0.3) is 0 Å². The molecule has 0 saturated carbocycles. The first-order chi connectivity index (χ1) is 14.1. The molecular formula is C24H32N2O3S. The third kappa shape index (κ3) is 4.86. The second-order valence-electron chi connectivity index (χ2n) is 8.49. The number of nitrogens with zero attached hydrogens (tertiary/aromatic N) is 1. The molecule has 0 unspecified atom stereocenters. The van der Waals surface area contributed by atoms with Crippen LogP contribution in [0.4, 0.5) is 5.69 Å². The largest absolute Gasteiger partial charge is 0.348 e. The first-order valence-corrected chi connectivity index (χ1v) is 12.4. The molecule has 0 heterocycles. The molecule has 6 heteroatoms. The Labute approximate surface area is 180 Å². The van der Waals surface area contributed by atoms with Crippen molar-refractivity contribution >= 4 is 21.6 Å². The summed E-state index contributed by atoms with van der Waals surface area (Å²) in [5.41, 5.74) is 6.11. The Morgan fingerprint density at radius 3 is 2.33 bits per heavy atom. The van der Waals surface area contributed by atoms with Crippen LogP contribution in [0, 0.1) is 13.8 Å². The molecule has 1 aliphatic rings. The Hall–Kier alpha value is -2.34. The highest BCUT2D eigenvalue weighted by molar-refractivity contribution is 7.92. The van der Waals surface area contributed by atoms with Gasteiger partial charge in [-0.3, -0.25) is 9.10 Å². The normalized spacial score (nSPS) is 15.8. The Kier molecular flexibility index (Phi) is 6.56. The molecule has 5 nitrogen and oxygen atoms in total. The van der Waals surface area contributed by atoms with E-state index in [1.54, 1.807) is 6.92 Å². The molecule has 2 atom stereocenters. The number of benzene rings is 2. The topological polar surface area (TPSA) is 66.5 Å². The molecule has 0 spiro atoms. The SMILES string of the molecule is Cc1ccc(C)c(N([C@H](C)C(=O)N[C@H](C)c2ccc3c(c2)CCCC3)S(C)(=O)=O)c1. The number of anilines is 1. The summed E-state index contributed by atoms with van der Waals surface area (Å²) in [7, 11) is -3.64. The van der Waals surface area contributed by atoms with Gasteiger partial charge in [-0.2, -0.15) is 0 Å². The number of carbonyl (C=O) groups is 1. The number of fused-ring (bicyclic) bond motifs is 1. The van der Waals surface area contributed by atoms with Crippen LogP contribution in [0.25, 0.3) is 0 Å². The zero-order chi connectivity index (χ0) is 22.1. The van der Waals surface area contributed by atoms with Gasteiger partial charge in [0.1, 0.15) is 6.04 Å². The molecule has 2 aromatic carbocycles. The summed E-state index contributed by atoms with van der Waals surface area (Å²) in [4.78, 5) is 13.1. The van der Waals surface area contributed by atoms with Crippen LogP contribution in [-0.4, -0.2) is 26.6 Å². The lowest BCUT2D eigenvalue weighted by atomic mass is 9.89. The highest BCUT2D eigenvalue weighted by Gasteiger charge is 2.31. The van der Waals surface area contributed by atoms with Gasteiger partial charge in [-0.25, -0.2) is 8.42 Å². The quantitative estimate of drug-likeness (QED) is 0.749. The number of hydrogen-bond donors (Lipinski definition) is 1. The van der Waals surface area contributed by atoms with Gasteiger partial charge >= 0.3 is 0 Å². The van der Waals surface area contributed by atoms with E-state index in [2.05, 4.69) is 23.5 Å². The Morgan fingerprint density at radius 2 is 1.67 bits per heavy atom. The summed E-state index contributed by atoms with van der Waals surface area (Å²) >= 11 is 0. The van der Waals surface area contributed by atoms with E-state index in [9.17, 15) is 13.2 Å². The summed E-state index contributed by atoms with van der Waals surface area (Å²) in [6.07, 6.45) is 5.77. The van der Waals surface area contributed by atoms with E-state index in [-0.39, 0.29) is 11.9 Å².